The van der Waals surface area contributed by atoms with Crippen molar-refractivity contribution in [3.8, 4) is 0 Å². The molecule has 5 rings (SSSR count). The molecule has 21 heteroatoms. The van der Waals surface area contributed by atoms with Crippen molar-refractivity contribution in [2.75, 3.05) is 65.6 Å². The summed E-state index contributed by atoms with van der Waals surface area (Å²) in [4.78, 5) is 121. The van der Waals surface area contributed by atoms with Crippen molar-refractivity contribution in [2.24, 2.45) is 76.0 Å². The Hall–Kier alpha value is -5.34. The molecule has 5 saturated heterocycles. The molecule has 5 fully saturated rings. The fourth-order valence-corrected chi connectivity index (χ4v) is 10.2. The zero-order chi connectivity index (χ0) is 60.9. The summed E-state index contributed by atoms with van der Waals surface area (Å²) in [5.74, 6) is -0.930. The van der Waals surface area contributed by atoms with E-state index in [1.165, 1.54) is 38.5 Å². The molecule has 0 saturated carbocycles. The Kier molecular flexibility index (Phi) is 34.2. The quantitative estimate of drug-likeness (QED) is 0.0659. The largest absolute Gasteiger partial charge is 0.381 e. The Bertz CT molecular complexity index is 1970. The number of hydrogen-bond donors (Lipinski definition) is 5. The van der Waals surface area contributed by atoms with E-state index in [4.69, 9.17) is 33.4 Å². The number of likely N-dealkylation sites (tertiary alicyclic amines) is 5. The van der Waals surface area contributed by atoms with E-state index in [1.54, 1.807) is 24.5 Å². The zero-order valence-electron chi connectivity index (χ0n) is 51.1. The Morgan fingerprint density at radius 2 is 0.875 bits per heavy atom. The topological polar surface area (TPSA) is 326 Å². The Balaban J connectivity index is 0.000000506. The number of ether oxygens (including phenoxy) is 1. The molecule has 0 aromatic carbocycles. The molecule has 0 radical (unpaired) electrons. The van der Waals surface area contributed by atoms with Gasteiger partial charge in [-0.3, -0.25) is 47.9 Å². The molecule has 460 valence electrons. The lowest BCUT2D eigenvalue weighted by molar-refractivity contribution is -0.132. The van der Waals surface area contributed by atoms with Gasteiger partial charge in [0, 0.05) is 109 Å². The summed E-state index contributed by atoms with van der Waals surface area (Å²) >= 11 is 0. The Labute approximate surface area is 479 Å². The third kappa shape index (κ3) is 27.4. The van der Waals surface area contributed by atoms with Crippen molar-refractivity contribution >= 4 is 59.1 Å². The third-order valence-electron chi connectivity index (χ3n) is 15.7. The van der Waals surface area contributed by atoms with Crippen LogP contribution in [0.25, 0.3) is 0 Å². The van der Waals surface area contributed by atoms with E-state index in [0.29, 0.717) is 77.0 Å². The summed E-state index contributed by atoms with van der Waals surface area (Å²) in [5, 5.41) is 0. The minimum Gasteiger partial charge on any atom is -0.381 e. The highest BCUT2D eigenvalue weighted by atomic mass is 16.5. The lowest BCUT2D eigenvalue weighted by Gasteiger charge is -2.31. The van der Waals surface area contributed by atoms with Gasteiger partial charge in [-0.2, -0.15) is 0 Å². The van der Waals surface area contributed by atoms with Crippen LogP contribution in [0.2, 0.25) is 0 Å². The smallest absolute Gasteiger partial charge is 0.223 e. The van der Waals surface area contributed by atoms with Gasteiger partial charge < -0.3 is 57.9 Å². The van der Waals surface area contributed by atoms with E-state index >= 15 is 0 Å². The monoisotopic (exact) mass is 1130 g/mol. The number of carbonyl (C=O) groups excluding carboxylic acids is 10. The zero-order valence-corrected chi connectivity index (χ0v) is 51.1. The fraction of sp³-hybridized carbons (Fsp3) is 0.831. The van der Waals surface area contributed by atoms with Crippen LogP contribution >= 0.6 is 0 Å². The molecular weight excluding hydrogens is 1020 g/mol. The molecule has 6 atom stereocenters. The molecule has 5 aliphatic heterocycles. The van der Waals surface area contributed by atoms with Crippen LogP contribution in [-0.2, 0) is 52.7 Å². The summed E-state index contributed by atoms with van der Waals surface area (Å²) in [7, 11) is 0. The number of amides is 10. The van der Waals surface area contributed by atoms with Gasteiger partial charge in [0.15, 0.2) is 0 Å². The van der Waals surface area contributed by atoms with Crippen LogP contribution in [0.15, 0.2) is 0 Å². The summed E-state index contributed by atoms with van der Waals surface area (Å²) in [5.41, 5.74) is 25.8. The first kappa shape index (κ1) is 72.7. The van der Waals surface area contributed by atoms with Gasteiger partial charge in [0.2, 0.25) is 59.1 Å². The molecule has 6 unspecified atom stereocenters. The summed E-state index contributed by atoms with van der Waals surface area (Å²) in [6, 6.07) is 0.270. The van der Waals surface area contributed by atoms with Gasteiger partial charge in [-0.15, -0.1) is 0 Å². The van der Waals surface area contributed by atoms with Crippen molar-refractivity contribution in [3.05, 3.63) is 0 Å². The first-order valence-electron chi connectivity index (χ1n) is 30.0. The van der Waals surface area contributed by atoms with Crippen LogP contribution in [0.3, 0.4) is 0 Å². The number of primary amides is 5. The van der Waals surface area contributed by atoms with Crippen LogP contribution in [0.1, 0.15) is 192 Å². The van der Waals surface area contributed by atoms with Crippen molar-refractivity contribution in [2.45, 2.75) is 203 Å². The maximum Gasteiger partial charge on any atom is 0.223 e. The van der Waals surface area contributed by atoms with Crippen molar-refractivity contribution < 1.29 is 52.7 Å². The number of unbranched alkanes of at least 4 members (excludes halogenated alkanes) is 4. The van der Waals surface area contributed by atoms with Gasteiger partial charge in [-0.25, -0.2) is 0 Å². The van der Waals surface area contributed by atoms with E-state index in [-0.39, 0.29) is 113 Å². The number of nitrogens with zero attached hydrogens (tertiary/aromatic N) is 5. The first-order valence-corrected chi connectivity index (χ1v) is 30.0. The maximum atomic E-state index is 11.7. The van der Waals surface area contributed by atoms with Crippen LogP contribution in [0.4, 0.5) is 0 Å². The minimum atomic E-state index is -0.375. The van der Waals surface area contributed by atoms with Crippen molar-refractivity contribution in [3.63, 3.8) is 0 Å². The van der Waals surface area contributed by atoms with Crippen LogP contribution < -0.4 is 28.7 Å². The third-order valence-corrected chi connectivity index (χ3v) is 15.7. The molecule has 80 heavy (non-hydrogen) atoms. The van der Waals surface area contributed by atoms with Crippen molar-refractivity contribution in [1.82, 2.24) is 24.5 Å². The normalized spacial score (nSPS) is 21.3. The molecule has 5 heterocycles. The van der Waals surface area contributed by atoms with Crippen molar-refractivity contribution in [1.29, 1.82) is 0 Å². The second-order valence-corrected chi connectivity index (χ2v) is 24.4. The molecule has 0 aromatic rings. The van der Waals surface area contributed by atoms with Gasteiger partial charge in [-0.05, 0) is 77.0 Å². The number of nitrogens with two attached hydrogens (primary N) is 5. The van der Waals surface area contributed by atoms with Gasteiger partial charge in [0.05, 0.1) is 29.6 Å². The Morgan fingerprint density at radius 1 is 0.475 bits per heavy atom. The molecule has 0 aliphatic carbocycles. The number of rotatable bonds is 28. The lowest BCUT2D eigenvalue weighted by Crippen LogP contribution is -2.42. The highest BCUT2D eigenvalue weighted by Crippen LogP contribution is 2.26. The van der Waals surface area contributed by atoms with E-state index in [9.17, 15) is 47.9 Å². The average molecular weight is 1130 g/mol. The molecule has 21 nitrogen and oxygen atoms in total. The second-order valence-electron chi connectivity index (χ2n) is 24.4. The fourth-order valence-electron chi connectivity index (χ4n) is 10.2. The van der Waals surface area contributed by atoms with Gasteiger partial charge in [-0.1, -0.05) is 100 Å². The number of hydrogen-bond acceptors (Lipinski definition) is 11. The highest BCUT2D eigenvalue weighted by Gasteiger charge is 2.39. The lowest BCUT2D eigenvalue weighted by atomic mass is 10.0. The maximum absolute atomic E-state index is 11.7. The number of carbonyl (C=O) groups is 10. The summed E-state index contributed by atoms with van der Waals surface area (Å²) in [6.07, 6.45) is 16.0. The first-order chi connectivity index (χ1) is 37.5. The average Bonchev–Trinajstić information content (AvgIpc) is 4.23. The summed E-state index contributed by atoms with van der Waals surface area (Å²) in [6.45, 7) is 29.3. The van der Waals surface area contributed by atoms with E-state index in [1.807, 2.05) is 20.8 Å². The Morgan fingerprint density at radius 3 is 1.24 bits per heavy atom. The van der Waals surface area contributed by atoms with Crippen LogP contribution in [0, 0.1) is 47.3 Å². The van der Waals surface area contributed by atoms with E-state index in [2.05, 4.69) is 55.4 Å². The predicted octanol–water partition coefficient (Wildman–Crippen LogP) is 4.86. The highest BCUT2D eigenvalue weighted by molar-refractivity contribution is 5.91. The predicted molar refractivity (Wildman–Crippen MR) is 310 cm³/mol. The molecule has 0 bridgehead atoms. The molecule has 0 spiro atoms. The SMILES string of the molecule is CC(C)(C)N1CC(C(N)=O)CC1=O.CC(C)CCCCCCN1CC(C(N)=O)CC1=O.CC(C)CCN1CC(C(N)=O)CC1=O.CCC(CC)N1CC(C(N)=O)CC1=O.CCCCC(CC)COCCCN1CC(C(N)=O)CC1=O. The molecule has 10 amide bonds. The van der Waals surface area contributed by atoms with E-state index < -0.39 is 0 Å². The van der Waals surface area contributed by atoms with E-state index in [0.717, 1.165) is 70.6 Å². The molecule has 5 aliphatic rings. The summed E-state index contributed by atoms with van der Waals surface area (Å²) < 4.78 is 5.72. The molecule has 0 aromatic heterocycles. The molecular formula is C59H108N10O11. The standard InChI is InChI=1S/C16H30N2O3.C14H26N2O2.2C10H18N2O2.C9H16N2O2/c1-3-5-7-13(4-2)12-21-9-6-8-18-11-14(16(17)20)10-15(18)19;1-11(2)7-5-3-4-6-8-16-10-12(14(15)18)9-13(16)17;1-7(2)3-4-12-6-8(10(11)14)5-9(12)13;1-3-8(4-2)12-6-7(10(11)14)5-9(12)13;1-9(2,3)11-5-6(8(10)13)4-7(11)12/h13-14H,3-12H2,1-2H3,(H2,17,20);11-12H,3-10H2,1-2H3,(H2,15,18);2*7-8H,3-6H2,1-2H3,(H2,11,14);6H,4-5H2,1-3H3,(H2,10,13). The van der Waals surface area contributed by atoms with Gasteiger partial charge >= 0.3 is 0 Å². The van der Waals surface area contributed by atoms with Crippen LogP contribution in [0.5, 0.6) is 0 Å². The van der Waals surface area contributed by atoms with Gasteiger partial charge in [0.25, 0.3) is 0 Å². The minimum absolute atomic E-state index is 0.0244. The van der Waals surface area contributed by atoms with Gasteiger partial charge in [0.1, 0.15) is 0 Å². The second kappa shape index (κ2) is 37.6. The molecule has 10 N–H and O–H groups in total. The van der Waals surface area contributed by atoms with Crippen LogP contribution in [-0.4, -0.2) is 161 Å².